The van der Waals surface area contributed by atoms with Crippen LogP contribution >= 0.6 is 0 Å². The zero-order valence-electron chi connectivity index (χ0n) is 38.5. The molecule has 6 heterocycles. The quantitative estimate of drug-likeness (QED) is 0.228. The summed E-state index contributed by atoms with van der Waals surface area (Å²) in [5.41, 5.74) is 0.622. The maximum absolute atomic E-state index is 14.4. The molecule has 7 aliphatic rings. The van der Waals surface area contributed by atoms with Gasteiger partial charge in [-0.2, -0.15) is 0 Å². The average molecular weight is 873 g/mol. The lowest BCUT2D eigenvalue weighted by Crippen LogP contribution is -2.58. The van der Waals surface area contributed by atoms with Crippen molar-refractivity contribution in [3.63, 3.8) is 0 Å². The number of hydrogen-bond donors (Lipinski definition) is 2. The lowest BCUT2D eigenvalue weighted by atomic mass is 9.70. The molecule has 14 nitrogen and oxygen atoms in total. The molecule has 19 atom stereocenters. The molecular formula is C48H72O14. The minimum absolute atomic E-state index is 0.0944. The molecule has 14 heteroatoms. The van der Waals surface area contributed by atoms with E-state index in [4.69, 9.17) is 52.1 Å². The van der Waals surface area contributed by atoms with Crippen LogP contribution in [0.1, 0.15) is 87.5 Å². The minimum Gasteiger partial charge on any atom is -0.462 e. The number of esters is 1. The molecule has 4 saturated heterocycles. The highest BCUT2D eigenvalue weighted by Gasteiger charge is 2.60. The second-order valence-corrected chi connectivity index (χ2v) is 19.0. The number of ether oxygens (including phenoxy) is 11. The number of hydrogen-bond acceptors (Lipinski definition) is 14. The normalized spacial score (nSPS) is 48.7. The average Bonchev–Trinajstić information content (AvgIpc) is 3.56. The Kier molecular flexibility index (Phi) is 15.1. The molecule has 0 amide bonds. The van der Waals surface area contributed by atoms with E-state index in [1.165, 1.54) is 0 Å². The first kappa shape index (κ1) is 47.6. The zero-order chi connectivity index (χ0) is 44.7. The monoisotopic (exact) mass is 872 g/mol. The van der Waals surface area contributed by atoms with Crippen molar-refractivity contribution >= 4 is 5.97 Å². The second-order valence-electron chi connectivity index (χ2n) is 19.0. The van der Waals surface area contributed by atoms with E-state index in [0.717, 1.165) is 11.1 Å². The molecule has 0 aromatic rings. The van der Waals surface area contributed by atoms with E-state index >= 15 is 0 Å². The number of aliphatic hydroxyl groups excluding tert-OH is 1. The largest absolute Gasteiger partial charge is 0.462 e. The molecule has 1 spiro atoms. The predicted molar refractivity (Wildman–Crippen MR) is 227 cm³/mol. The molecule has 2 bridgehead atoms. The van der Waals surface area contributed by atoms with Crippen LogP contribution < -0.4 is 0 Å². The van der Waals surface area contributed by atoms with E-state index in [0.29, 0.717) is 37.7 Å². The Hall–Kier alpha value is -2.31. The summed E-state index contributed by atoms with van der Waals surface area (Å²) >= 11 is 0. The van der Waals surface area contributed by atoms with Gasteiger partial charge in [0.15, 0.2) is 18.4 Å². The van der Waals surface area contributed by atoms with Crippen molar-refractivity contribution < 1.29 is 67.1 Å². The molecular weight excluding hydrogens is 801 g/mol. The van der Waals surface area contributed by atoms with Gasteiger partial charge >= 0.3 is 5.97 Å². The fourth-order valence-corrected chi connectivity index (χ4v) is 10.7. The molecule has 1 aliphatic carbocycles. The van der Waals surface area contributed by atoms with Gasteiger partial charge in [0.05, 0.1) is 49.3 Å². The summed E-state index contributed by atoms with van der Waals surface area (Å²) in [5, 5.41) is 23.2. The predicted octanol–water partition coefficient (Wildman–Crippen LogP) is 5.64. The Balaban J connectivity index is 1.19. The van der Waals surface area contributed by atoms with Gasteiger partial charge in [0, 0.05) is 58.8 Å². The van der Waals surface area contributed by atoms with E-state index in [2.05, 4.69) is 46.8 Å². The summed E-state index contributed by atoms with van der Waals surface area (Å²) in [7, 11) is 4.82. The zero-order valence-corrected chi connectivity index (χ0v) is 38.5. The Morgan fingerprint density at radius 1 is 0.823 bits per heavy atom. The first-order valence-electron chi connectivity index (χ1n) is 22.7. The summed E-state index contributed by atoms with van der Waals surface area (Å²) in [5.74, 6) is -2.41. The first-order valence-corrected chi connectivity index (χ1v) is 22.7. The Bertz CT molecular complexity index is 1720. The summed E-state index contributed by atoms with van der Waals surface area (Å²) in [6.07, 6.45) is 8.94. The third-order valence-electron chi connectivity index (χ3n) is 14.2. The van der Waals surface area contributed by atoms with Gasteiger partial charge in [-0.05, 0) is 62.8 Å². The Morgan fingerprint density at radius 2 is 1.53 bits per heavy atom. The fraction of sp³-hybridized carbons (Fsp3) is 0.771. The van der Waals surface area contributed by atoms with Gasteiger partial charge in [0.1, 0.15) is 42.0 Å². The van der Waals surface area contributed by atoms with E-state index < -0.39 is 90.8 Å². The summed E-state index contributed by atoms with van der Waals surface area (Å²) in [6.45, 7) is 16.3. The summed E-state index contributed by atoms with van der Waals surface area (Å²) in [6, 6.07) is 0. The fourth-order valence-electron chi connectivity index (χ4n) is 10.7. The molecule has 0 aromatic carbocycles. The first-order chi connectivity index (χ1) is 29.5. The van der Waals surface area contributed by atoms with Crippen LogP contribution in [0.4, 0.5) is 0 Å². The number of allylic oxidation sites excluding steroid dienone is 2. The molecule has 0 aromatic heterocycles. The summed E-state index contributed by atoms with van der Waals surface area (Å²) in [4.78, 5) is 14.4. The highest BCUT2D eigenvalue weighted by atomic mass is 16.7. The lowest BCUT2D eigenvalue weighted by molar-refractivity contribution is -0.318. The molecule has 0 unspecified atom stereocenters. The van der Waals surface area contributed by atoms with Crippen molar-refractivity contribution in [3.8, 4) is 0 Å². The van der Waals surface area contributed by atoms with E-state index in [9.17, 15) is 15.0 Å². The van der Waals surface area contributed by atoms with Crippen LogP contribution in [0.5, 0.6) is 0 Å². The van der Waals surface area contributed by atoms with Crippen molar-refractivity contribution in [2.24, 2.45) is 23.7 Å². The maximum Gasteiger partial charge on any atom is 0.316 e. The molecule has 7 rings (SSSR count). The van der Waals surface area contributed by atoms with Gasteiger partial charge in [0.2, 0.25) is 0 Å². The van der Waals surface area contributed by atoms with Crippen LogP contribution in [0.25, 0.3) is 0 Å². The van der Waals surface area contributed by atoms with Gasteiger partial charge in [-0.3, -0.25) is 4.79 Å². The van der Waals surface area contributed by atoms with Crippen molar-refractivity contribution in [2.45, 2.75) is 185 Å². The van der Waals surface area contributed by atoms with Crippen molar-refractivity contribution in [3.05, 3.63) is 59.3 Å². The number of fused-ring (bicyclic) bond motifs is 2. The lowest BCUT2D eigenvalue weighted by Gasteiger charge is -2.48. The topological polar surface area (TPSA) is 159 Å². The highest BCUT2D eigenvalue weighted by Crippen LogP contribution is 2.47. The smallest absolute Gasteiger partial charge is 0.316 e. The van der Waals surface area contributed by atoms with Gasteiger partial charge in [0.25, 0.3) is 0 Å². The molecule has 0 radical (unpaired) electrons. The Morgan fingerprint density at radius 3 is 2.24 bits per heavy atom. The van der Waals surface area contributed by atoms with Gasteiger partial charge in [-0.15, -0.1) is 0 Å². The van der Waals surface area contributed by atoms with Crippen molar-refractivity contribution in [2.75, 3.05) is 27.9 Å². The second kappa shape index (κ2) is 19.7. The van der Waals surface area contributed by atoms with Crippen molar-refractivity contribution in [1.82, 2.24) is 0 Å². The molecule has 0 saturated carbocycles. The third-order valence-corrected chi connectivity index (χ3v) is 14.2. The van der Waals surface area contributed by atoms with E-state index in [-0.39, 0.29) is 42.7 Å². The van der Waals surface area contributed by atoms with Gasteiger partial charge in [-0.1, -0.05) is 64.2 Å². The van der Waals surface area contributed by atoms with Crippen molar-refractivity contribution in [1.29, 1.82) is 0 Å². The number of rotatable bonds is 8. The van der Waals surface area contributed by atoms with Crippen LogP contribution in [-0.2, 0) is 56.9 Å². The molecule has 62 heavy (non-hydrogen) atoms. The number of aliphatic hydroxyl groups is 2. The van der Waals surface area contributed by atoms with Crippen LogP contribution in [0.2, 0.25) is 0 Å². The number of methoxy groups -OCH3 is 3. The molecule has 4 fully saturated rings. The van der Waals surface area contributed by atoms with E-state index in [1.807, 2.05) is 38.2 Å². The molecule has 6 aliphatic heterocycles. The standard InChI is InChI=1S/C48H72O14/c1-25(2)41-28(5)17-18-47(62-41)23-34-20-33(61-47)16-15-27(4)42(59-39-22-37(53-10)44(31(8)57-39)60-38-21-36(52-9)40(49)30(7)56-38)26(3)13-12-14-32-24-55-45-43(54-11)29(6)19-35(46(50)58-34)48(32,45)51/h12-15,17-19,25-26,28,30-31,33-45,49,51H,16,20-24H2,1-11H3/b13-12+,27-15+,32-14+/t26-,28-,30-,31-,33+,34-,35-,36-,37-,38-,39-,40-,41+,42-,43+,44-,45+,47+,48+/m0/s1. The van der Waals surface area contributed by atoms with Gasteiger partial charge < -0.3 is 62.3 Å². The Labute approximate surface area is 367 Å². The highest BCUT2D eigenvalue weighted by molar-refractivity contribution is 5.78. The van der Waals surface area contributed by atoms with Crippen LogP contribution in [0, 0.1) is 23.7 Å². The molecule has 2 N–H and O–H groups in total. The number of carbonyl (C=O) groups excluding carboxylic acids is 1. The number of carbonyl (C=O) groups is 1. The third kappa shape index (κ3) is 9.64. The van der Waals surface area contributed by atoms with E-state index in [1.54, 1.807) is 34.3 Å². The SMILES string of the molecule is CO[C@H]1C[C@H](O[C@H]2[C@H](C)O[C@@H](O[C@@H]3/C(C)=C/C[C@@H]4C[C@@H](C[C@]5(C=C[C@H](C)[C@@H](C(C)C)O5)O4)OC(=O)[C@@H]4C=C(C)[C@@H](OC)[C@H]5OC/C(=C\C=C\[C@@H]3C)[C@]54O)C[C@@H]2OC)O[C@@H](C)[C@@H]1O. The molecule has 348 valence electrons. The van der Waals surface area contributed by atoms with Crippen LogP contribution in [0.15, 0.2) is 59.3 Å². The minimum atomic E-state index is -1.71. The maximum atomic E-state index is 14.4. The van der Waals surface area contributed by atoms with Crippen LogP contribution in [0.3, 0.4) is 0 Å². The summed E-state index contributed by atoms with van der Waals surface area (Å²) < 4.78 is 69.7. The van der Waals surface area contributed by atoms with Crippen LogP contribution in [-0.4, -0.2) is 141 Å². The van der Waals surface area contributed by atoms with Gasteiger partial charge in [-0.25, -0.2) is 0 Å².